The number of amides is 1. The maximum absolute atomic E-state index is 13.7. The Labute approximate surface area is 197 Å². The average Bonchev–Trinajstić information content (AvgIpc) is 3.27. The van der Waals surface area contributed by atoms with E-state index in [1.165, 1.54) is 39.8 Å². The summed E-state index contributed by atoms with van der Waals surface area (Å²) in [6.45, 7) is 4.59. The molecule has 168 valence electrons. The smallest absolute Gasteiger partial charge is 0.276 e. The van der Waals surface area contributed by atoms with Gasteiger partial charge in [-0.1, -0.05) is 17.8 Å². The Balaban J connectivity index is 1.51. The van der Waals surface area contributed by atoms with Crippen LogP contribution in [0.15, 0.2) is 57.8 Å². The average molecular weight is 482 g/mol. The van der Waals surface area contributed by atoms with Gasteiger partial charge in [-0.05, 0) is 66.8 Å². The summed E-state index contributed by atoms with van der Waals surface area (Å²) >= 11 is 2.51. The molecule has 4 aromatic rings. The SMILES string of the molecule is Cc1ccc2c(c1)N(C(=O)CSc1nc3ccsc3c(=O)n1-c1ccc(F)cc1C)CCO2. The fourth-order valence-electron chi connectivity index (χ4n) is 3.86. The first-order chi connectivity index (χ1) is 15.9. The summed E-state index contributed by atoms with van der Waals surface area (Å²) < 4.78 is 21.4. The third-order valence-electron chi connectivity index (χ3n) is 5.45. The molecule has 0 saturated heterocycles. The second-order valence-corrected chi connectivity index (χ2v) is 9.61. The number of fused-ring (bicyclic) bond motifs is 2. The van der Waals surface area contributed by atoms with Gasteiger partial charge in [-0.25, -0.2) is 9.37 Å². The van der Waals surface area contributed by atoms with Gasteiger partial charge in [0.1, 0.15) is 22.9 Å². The van der Waals surface area contributed by atoms with Gasteiger partial charge in [0.15, 0.2) is 5.16 Å². The van der Waals surface area contributed by atoms with Gasteiger partial charge in [0, 0.05) is 0 Å². The molecule has 2 aromatic heterocycles. The molecule has 0 aliphatic carbocycles. The van der Waals surface area contributed by atoms with E-state index in [9.17, 15) is 14.0 Å². The highest BCUT2D eigenvalue weighted by Gasteiger charge is 2.25. The molecule has 0 saturated carbocycles. The number of nitrogens with zero attached hydrogens (tertiary/aromatic N) is 3. The van der Waals surface area contributed by atoms with Crippen LogP contribution in [0.4, 0.5) is 10.1 Å². The Morgan fingerprint density at radius 1 is 1.18 bits per heavy atom. The van der Waals surface area contributed by atoms with Crippen LogP contribution in [0.2, 0.25) is 0 Å². The molecule has 0 spiro atoms. The molecule has 1 aliphatic rings. The van der Waals surface area contributed by atoms with E-state index in [1.807, 2.05) is 30.5 Å². The van der Waals surface area contributed by atoms with Crippen LogP contribution in [0.1, 0.15) is 11.1 Å². The van der Waals surface area contributed by atoms with Crippen LogP contribution in [-0.4, -0.2) is 34.4 Å². The largest absolute Gasteiger partial charge is 0.490 e. The van der Waals surface area contributed by atoms with Crippen molar-refractivity contribution in [3.63, 3.8) is 0 Å². The number of hydrogen-bond donors (Lipinski definition) is 0. The first kappa shape index (κ1) is 21.7. The molecule has 0 N–H and O–H groups in total. The topological polar surface area (TPSA) is 64.4 Å². The van der Waals surface area contributed by atoms with Crippen LogP contribution in [0.25, 0.3) is 15.9 Å². The fourth-order valence-corrected chi connectivity index (χ4v) is 5.50. The molecule has 33 heavy (non-hydrogen) atoms. The van der Waals surface area contributed by atoms with Gasteiger partial charge in [0.05, 0.1) is 29.2 Å². The van der Waals surface area contributed by atoms with E-state index >= 15 is 0 Å². The molecule has 1 amide bonds. The van der Waals surface area contributed by atoms with Gasteiger partial charge >= 0.3 is 0 Å². The van der Waals surface area contributed by atoms with Gasteiger partial charge in [0.25, 0.3) is 5.56 Å². The molecule has 5 rings (SSSR count). The Bertz CT molecular complexity index is 1450. The van der Waals surface area contributed by atoms with Crippen molar-refractivity contribution in [2.45, 2.75) is 19.0 Å². The van der Waals surface area contributed by atoms with Crippen molar-refractivity contribution in [1.82, 2.24) is 9.55 Å². The maximum atomic E-state index is 13.7. The Morgan fingerprint density at radius 3 is 2.85 bits per heavy atom. The molecule has 0 fully saturated rings. The molecule has 0 unspecified atom stereocenters. The molecule has 6 nitrogen and oxygen atoms in total. The number of benzene rings is 2. The van der Waals surface area contributed by atoms with E-state index in [2.05, 4.69) is 4.98 Å². The third kappa shape index (κ3) is 4.02. The summed E-state index contributed by atoms with van der Waals surface area (Å²) in [4.78, 5) is 32.9. The Kier molecular flexibility index (Phi) is 5.67. The van der Waals surface area contributed by atoms with Crippen molar-refractivity contribution >= 4 is 44.9 Å². The number of aryl methyl sites for hydroxylation is 2. The van der Waals surface area contributed by atoms with Crippen LogP contribution in [0.3, 0.4) is 0 Å². The predicted molar refractivity (Wildman–Crippen MR) is 130 cm³/mol. The lowest BCUT2D eigenvalue weighted by Crippen LogP contribution is -2.39. The normalized spacial score (nSPS) is 13.1. The van der Waals surface area contributed by atoms with Gasteiger partial charge in [-0.2, -0.15) is 0 Å². The fraction of sp³-hybridized carbons (Fsp3) is 0.208. The van der Waals surface area contributed by atoms with Crippen molar-refractivity contribution in [1.29, 1.82) is 0 Å². The van der Waals surface area contributed by atoms with Crippen LogP contribution >= 0.6 is 23.1 Å². The van der Waals surface area contributed by atoms with Crippen molar-refractivity contribution in [2.75, 3.05) is 23.8 Å². The number of ether oxygens (including phenoxy) is 1. The number of carbonyl (C=O) groups is 1. The zero-order chi connectivity index (χ0) is 23.1. The summed E-state index contributed by atoms with van der Waals surface area (Å²) in [7, 11) is 0. The summed E-state index contributed by atoms with van der Waals surface area (Å²) in [5, 5.41) is 2.21. The lowest BCUT2D eigenvalue weighted by molar-refractivity contribution is -0.116. The molecule has 1 aliphatic heterocycles. The highest BCUT2D eigenvalue weighted by molar-refractivity contribution is 7.99. The second kappa shape index (κ2) is 8.64. The highest BCUT2D eigenvalue weighted by Crippen LogP contribution is 2.33. The van der Waals surface area contributed by atoms with Crippen LogP contribution in [0.5, 0.6) is 5.75 Å². The number of rotatable bonds is 4. The minimum Gasteiger partial charge on any atom is -0.490 e. The Hall–Kier alpha value is -3.17. The maximum Gasteiger partial charge on any atom is 0.276 e. The van der Waals surface area contributed by atoms with Crippen LogP contribution in [0, 0.1) is 19.7 Å². The number of carbonyl (C=O) groups excluding carboxylic acids is 1. The van der Waals surface area contributed by atoms with Crippen molar-refractivity contribution in [3.05, 3.63) is 75.1 Å². The number of thioether (sulfide) groups is 1. The van der Waals surface area contributed by atoms with Crippen molar-refractivity contribution < 1.29 is 13.9 Å². The van der Waals surface area contributed by atoms with Gasteiger partial charge < -0.3 is 9.64 Å². The zero-order valence-electron chi connectivity index (χ0n) is 18.0. The second-order valence-electron chi connectivity index (χ2n) is 7.75. The molecule has 0 radical (unpaired) electrons. The van der Waals surface area contributed by atoms with Gasteiger partial charge in [0.2, 0.25) is 5.91 Å². The first-order valence-electron chi connectivity index (χ1n) is 10.4. The van der Waals surface area contributed by atoms with Gasteiger partial charge in [-0.15, -0.1) is 11.3 Å². The first-order valence-corrected chi connectivity index (χ1v) is 12.2. The van der Waals surface area contributed by atoms with Crippen LogP contribution in [-0.2, 0) is 4.79 Å². The highest BCUT2D eigenvalue weighted by atomic mass is 32.2. The molecule has 3 heterocycles. The predicted octanol–water partition coefficient (Wildman–Crippen LogP) is 4.72. The summed E-state index contributed by atoms with van der Waals surface area (Å²) in [6, 6.07) is 11.8. The third-order valence-corrected chi connectivity index (χ3v) is 7.27. The molecular weight excluding hydrogens is 461 g/mol. The van der Waals surface area contributed by atoms with E-state index in [-0.39, 0.29) is 23.0 Å². The van der Waals surface area contributed by atoms with Crippen LogP contribution < -0.4 is 15.2 Å². The monoisotopic (exact) mass is 481 g/mol. The lowest BCUT2D eigenvalue weighted by atomic mass is 10.1. The molecular formula is C24H20FN3O3S2. The number of hydrogen-bond acceptors (Lipinski definition) is 6. The number of aromatic nitrogens is 2. The zero-order valence-corrected chi connectivity index (χ0v) is 19.6. The number of anilines is 1. The number of thiophene rings is 1. The van der Waals surface area contributed by atoms with E-state index in [0.29, 0.717) is 45.5 Å². The lowest BCUT2D eigenvalue weighted by Gasteiger charge is -2.29. The summed E-state index contributed by atoms with van der Waals surface area (Å²) in [5.41, 5.74) is 3.30. The standard InChI is InChI=1S/C24H20FN3O3S2/c1-14-3-6-20-19(11-14)27(8-9-31-20)21(29)13-33-24-26-17-7-10-32-22(17)23(30)28(24)18-5-4-16(25)12-15(18)2/h3-7,10-12H,8-9,13H2,1-2H3. The van der Waals surface area contributed by atoms with Crippen molar-refractivity contribution in [3.8, 4) is 11.4 Å². The summed E-state index contributed by atoms with van der Waals surface area (Å²) in [6.07, 6.45) is 0. The van der Waals surface area contributed by atoms with E-state index in [0.717, 1.165) is 11.3 Å². The minimum absolute atomic E-state index is 0.0930. The molecule has 2 aromatic carbocycles. The summed E-state index contributed by atoms with van der Waals surface area (Å²) in [5.74, 6) is 0.301. The minimum atomic E-state index is -0.375. The van der Waals surface area contributed by atoms with Gasteiger partial charge in [-0.3, -0.25) is 14.2 Å². The van der Waals surface area contributed by atoms with E-state index in [4.69, 9.17) is 4.74 Å². The van der Waals surface area contributed by atoms with E-state index in [1.54, 1.807) is 24.0 Å². The molecule has 0 atom stereocenters. The Morgan fingerprint density at radius 2 is 2.03 bits per heavy atom. The molecule has 0 bridgehead atoms. The molecule has 9 heteroatoms. The number of halogens is 1. The van der Waals surface area contributed by atoms with E-state index < -0.39 is 0 Å². The quantitative estimate of drug-likeness (QED) is 0.312. The van der Waals surface area contributed by atoms with Crippen molar-refractivity contribution in [2.24, 2.45) is 0 Å².